The van der Waals surface area contributed by atoms with Crippen molar-refractivity contribution in [1.29, 1.82) is 0 Å². The molecule has 0 radical (unpaired) electrons. The number of fused-ring (bicyclic) bond motifs is 5. The Bertz CT molecular complexity index is 696. The highest BCUT2D eigenvalue weighted by Crippen LogP contribution is 2.67. The van der Waals surface area contributed by atoms with Gasteiger partial charge in [-0.1, -0.05) is 32.4 Å². The maximum Gasteiger partial charge on any atom is 0.0849 e. The minimum absolute atomic E-state index is 0.163. The summed E-state index contributed by atoms with van der Waals surface area (Å²) in [5.74, 6) is 3.08. The molecule has 3 fully saturated rings. The summed E-state index contributed by atoms with van der Waals surface area (Å²) in [5.41, 5.74) is 0.452. The summed E-state index contributed by atoms with van der Waals surface area (Å²) >= 11 is 0. The highest BCUT2D eigenvalue weighted by Gasteiger charge is 2.60. The molecule has 0 saturated heterocycles. The number of aliphatic hydroxyl groups is 4. The molecular formula is C27H46O4. The van der Waals surface area contributed by atoms with Gasteiger partial charge in [-0.3, -0.25) is 0 Å². The molecule has 0 aromatic carbocycles. The second kappa shape index (κ2) is 8.11. The van der Waals surface area contributed by atoms with Gasteiger partial charge >= 0.3 is 0 Å². The Balaban J connectivity index is 1.50. The molecule has 4 aliphatic carbocycles. The summed E-state index contributed by atoms with van der Waals surface area (Å²) in [5, 5.41) is 41.7. The first kappa shape index (κ1) is 23.7. The number of allylic oxidation sites excluding steroid dienone is 1. The molecule has 1 unspecified atom stereocenters. The third kappa shape index (κ3) is 3.84. The van der Waals surface area contributed by atoms with Gasteiger partial charge in [-0.25, -0.2) is 0 Å². The lowest BCUT2D eigenvalue weighted by Gasteiger charge is -2.59. The molecule has 178 valence electrons. The van der Waals surface area contributed by atoms with Crippen molar-refractivity contribution in [2.75, 3.05) is 0 Å². The molecule has 31 heavy (non-hydrogen) atoms. The van der Waals surface area contributed by atoms with E-state index in [1.54, 1.807) is 13.8 Å². The van der Waals surface area contributed by atoms with Crippen LogP contribution in [0.5, 0.6) is 0 Å². The van der Waals surface area contributed by atoms with Gasteiger partial charge in [-0.05, 0) is 100 Å². The van der Waals surface area contributed by atoms with Gasteiger partial charge < -0.3 is 20.4 Å². The first-order valence-corrected chi connectivity index (χ1v) is 12.8. The third-order valence-electron chi connectivity index (χ3n) is 10.6. The maximum absolute atomic E-state index is 11.1. The van der Waals surface area contributed by atoms with Crippen molar-refractivity contribution in [3.63, 3.8) is 0 Å². The van der Waals surface area contributed by atoms with E-state index in [9.17, 15) is 20.4 Å². The molecule has 10 atom stereocenters. The van der Waals surface area contributed by atoms with Crippen molar-refractivity contribution >= 4 is 0 Å². The van der Waals surface area contributed by atoms with Gasteiger partial charge in [0.2, 0.25) is 0 Å². The van der Waals surface area contributed by atoms with Crippen LogP contribution in [0.2, 0.25) is 0 Å². The van der Waals surface area contributed by atoms with Crippen LogP contribution in [-0.4, -0.2) is 44.3 Å². The molecule has 0 heterocycles. The van der Waals surface area contributed by atoms with Crippen LogP contribution in [0, 0.1) is 40.4 Å². The van der Waals surface area contributed by atoms with Crippen LogP contribution in [0.3, 0.4) is 0 Å². The van der Waals surface area contributed by atoms with E-state index in [1.165, 1.54) is 31.3 Å². The lowest BCUT2D eigenvalue weighted by molar-refractivity contribution is -0.108. The topological polar surface area (TPSA) is 80.9 Å². The SMILES string of the molecule is C[C@H](CC[C@@H](O)C(C)(C)O)[C@H]1CC[C@H]2[C@@H]3CC=C4C[C@@H](O)CC(O)[C@]4(C)[C@H]3CC[C@]12C. The van der Waals surface area contributed by atoms with Gasteiger partial charge in [0.05, 0.1) is 23.9 Å². The van der Waals surface area contributed by atoms with E-state index in [2.05, 4.69) is 26.8 Å². The van der Waals surface area contributed by atoms with Crippen LogP contribution in [0.1, 0.15) is 92.4 Å². The quantitative estimate of drug-likeness (QED) is 0.482. The van der Waals surface area contributed by atoms with Crippen molar-refractivity contribution in [3.05, 3.63) is 11.6 Å². The van der Waals surface area contributed by atoms with Crippen LogP contribution in [0.25, 0.3) is 0 Å². The zero-order valence-electron chi connectivity index (χ0n) is 20.3. The van der Waals surface area contributed by atoms with E-state index in [1.807, 2.05) is 0 Å². The maximum atomic E-state index is 11.1. The lowest BCUT2D eigenvalue weighted by atomic mass is 9.46. The normalized spacial score (nSPS) is 47.1. The lowest BCUT2D eigenvalue weighted by Crippen LogP contribution is -2.55. The van der Waals surface area contributed by atoms with Crippen molar-refractivity contribution in [3.8, 4) is 0 Å². The Morgan fingerprint density at radius 1 is 1.10 bits per heavy atom. The van der Waals surface area contributed by atoms with Gasteiger partial charge in [0.25, 0.3) is 0 Å². The molecule has 0 aromatic rings. The monoisotopic (exact) mass is 434 g/mol. The minimum atomic E-state index is -1.03. The Labute approximate surface area is 189 Å². The van der Waals surface area contributed by atoms with E-state index >= 15 is 0 Å². The highest BCUT2D eigenvalue weighted by atomic mass is 16.3. The minimum Gasteiger partial charge on any atom is -0.393 e. The molecule has 4 N–H and O–H groups in total. The molecule has 4 nitrogen and oxygen atoms in total. The highest BCUT2D eigenvalue weighted by molar-refractivity contribution is 5.27. The zero-order valence-corrected chi connectivity index (χ0v) is 20.3. The third-order valence-corrected chi connectivity index (χ3v) is 10.6. The summed E-state index contributed by atoms with van der Waals surface area (Å²) < 4.78 is 0. The van der Waals surface area contributed by atoms with Crippen molar-refractivity contribution in [2.24, 2.45) is 40.4 Å². The second-order valence-electron chi connectivity index (χ2n) is 12.7. The summed E-state index contributed by atoms with van der Waals surface area (Å²) in [4.78, 5) is 0. The Hall–Kier alpha value is -0.420. The van der Waals surface area contributed by atoms with Crippen molar-refractivity contribution in [2.45, 2.75) is 116 Å². The summed E-state index contributed by atoms with van der Waals surface area (Å²) in [6, 6.07) is 0. The smallest absolute Gasteiger partial charge is 0.0849 e. The molecule has 0 aliphatic heterocycles. The Kier molecular flexibility index (Phi) is 6.21. The van der Waals surface area contributed by atoms with Crippen LogP contribution >= 0.6 is 0 Å². The van der Waals surface area contributed by atoms with Crippen LogP contribution in [0.4, 0.5) is 0 Å². The number of hydrogen-bond donors (Lipinski definition) is 4. The average Bonchev–Trinajstić information content (AvgIpc) is 3.03. The molecule has 0 amide bonds. The first-order valence-electron chi connectivity index (χ1n) is 12.8. The standard InChI is InChI=1S/C27H46O4/c1-16(6-11-23(29)25(2,3)31)20-9-10-21-19-8-7-17-14-18(28)15-24(30)27(17,5)22(19)12-13-26(20,21)4/h7,16,18-24,28-31H,6,8-15H2,1-5H3/t16-,18-,19+,20-,21+,22+,23-,24?,26-,27+/m1/s1. The average molecular weight is 435 g/mol. The zero-order chi connectivity index (χ0) is 22.8. The molecule has 0 spiro atoms. The van der Waals surface area contributed by atoms with Crippen molar-refractivity contribution < 1.29 is 20.4 Å². The van der Waals surface area contributed by atoms with Gasteiger partial charge in [-0.15, -0.1) is 0 Å². The number of aliphatic hydroxyl groups excluding tert-OH is 3. The first-order chi connectivity index (χ1) is 14.4. The number of rotatable bonds is 5. The fraction of sp³-hybridized carbons (Fsp3) is 0.926. The fourth-order valence-corrected chi connectivity index (χ4v) is 8.65. The second-order valence-corrected chi connectivity index (χ2v) is 12.7. The molecular weight excluding hydrogens is 388 g/mol. The van der Waals surface area contributed by atoms with Gasteiger partial charge in [0.15, 0.2) is 0 Å². The van der Waals surface area contributed by atoms with Gasteiger partial charge in [-0.2, -0.15) is 0 Å². The van der Waals surface area contributed by atoms with Crippen LogP contribution in [-0.2, 0) is 0 Å². The van der Waals surface area contributed by atoms with Crippen molar-refractivity contribution in [1.82, 2.24) is 0 Å². The van der Waals surface area contributed by atoms with E-state index in [0.717, 1.165) is 19.3 Å². The molecule has 0 aromatic heterocycles. The van der Waals surface area contributed by atoms with Crippen LogP contribution < -0.4 is 0 Å². The van der Waals surface area contributed by atoms with E-state index in [0.29, 0.717) is 47.8 Å². The molecule has 0 bridgehead atoms. The van der Waals surface area contributed by atoms with E-state index < -0.39 is 23.9 Å². The molecule has 3 saturated carbocycles. The van der Waals surface area contributed by atoms with E-state index in [-0.39, 0.29) is 5.41 Å². The Morgan fingerprint density at radius 2 is 1.81 bits per heavy atom. The molecule has 4 aliphatic rings. The summed E-state index contributed by atoms with van der Waals surface area (Å²) in [6.45, 7) is 10.5. The van der Waals surface area contributed by atoms with Gasteiger partial charge in [0, 0.05) is 11.8 Å². The molecule has 4 heteroatoms. The molecule has 4 rings (SSSR count). The van der Waals surface area contributed by atoms with E-state index in [4.69, 9.17) is 0 Å². The predicted molar refractivity (Wildman–Crippen MR) is 123 cm³/mol. The predicted octanol–water partition coefficient (Wildman–Crippen LogP) is 4.45. The Morgan fingerprint density at radius 3 is 2.48 bits per heavy atom. The van der Waals surface area contributed by atoms with Gasteiger partial charge in [0.1, 0.15) is 0 Å². The fourth-order valence-electron chi connectivity index (χ4n) is 8.65. The summed E-state index contributed by atoms with van der Waals surface area (Å²) in [7, 11) is 0. The largest absolute Gasteiger partial charge is 0.393 e. The summed E-state index contributed by atoms with van der Waals surface area (Å²) in [6.07, 6.45) is 9.81. The van der Waals surface area contributed by atoms with Crippen LogP contribution in [0.15, 0.2) is 11.6 Å². The number of hydrogen-bond acceptors (Lipinski definition) is 4.